The minimum absolute atomic E-state index is 0.0233. The second-order valence-corrected chi connectivity index (χ2v) is 10.4. The van der Waals surface area contributed by atoms with Crippen LogP contribution in [-0.2, 0) is 27.8 Å². The second kappa shape index (κ2) is 7.44. The van der Waals surface area contributed by atoms with E-state index in [1.165, 1.54) is 4.90 Å². The maximum atomic E-state index is 15.5. The number of ether oxygens (including phenoxy) is 1. The van der Waals surface area contributed by atoms with Crippen molar-refractivity contribution in [3.05, 3.63) is 11.8 Å². The Kier molecular flexibility index (Phi) is 6.01. The molecule has 7 nitrogen and oxygen atoms in total. The van der Waals surface area contributed by atoms with Crippen LogP contribution in [0.2, 0.25) is 0 Å². The van der Waals surface area contributed by atoms with Gasteiger partial charge in [-0.05, 0) is 40.5 Å². The van der Waals surface area contributed by atoms with Crippen molar-refractivity contribution in [1.29, 1.82) is 0 Å². The molecule has 1 unspecified atom stereocenters. The maximum Gasteiger partial charge on any atom is 0.435 e. The van der Waals surface area contributed by atoms with Gasteiger partial charge in [-0.1, -0.05) is 0 Å². The van der Waals surface area contributed by atoms with Gasteiger partial charge < -0.3 is 9.64 Å². The third-order valence-corrected chi connectivity index (χ3v) is 7.12. The molecular formula is C17H25F4N3O4S. The Morgan fingerprint density at radius 3 is 2.07 bits per heavy atom. The van der Waals surface area contributed by atoms with Crippen LogP contribution in [0.3, 0.4) is 0 Å². The van der Waals surface area contributed by atoms with Crippen molar-refractivity contribution in [1.82, 2.24) is 14.7 Å². The summed E-state index contributed by atoms with van der Waals surface area (Å²) in [6.07, 6.45) is -5.39. The number of aryl methyl sites for hydroxylation is 1. The highest BCUT2D eigenvalue weighted by Crippen LogP contribution is 2.40. The number of hydrogen-bond donors (Lipinski definition) is 0. The van der Waals surface area contributed by atoms with Gasteiger partial charge in [-0.25, -0.2) is 17.6 Å². The van der Waals surface area contributed by atoms with Crippen LogP contribution in [0.5, 0.6) is 0 Å². The summed E-state index contributed by atoms with van der Waals surface area (Å²) < 4.78 is 85.4. The summed E-state index contributed by atoms with van der Waals surface area (Å²) in [7, 11) is -3.76. The molecule has 1 atom stereocenters. The van der Waals surface area contributed by atoms with Crippen LogP contribution in [0.4, 0.5) is 22.4 Å². The predicted octanol–water partition coefficient (Wildman–Crippen LogP) is 3.55. The molecule has 0 bridgehead atoms. The topological polar surface area (TPSA) is 81.5 Å². The number of aromatic nitrogens is 2. The van der Waals surface area contributed by atoms with Crippen LogP contribution in [0.25, 0.3) is 0 Å². The van der Waals surface area contributed by atoms with E-state index in [1.54, 1.807) is 20.8 Å². The molecule has 1 fully saturated rings. The standard InChI is InChI=1S/C17H25F4N3O4S/c1-15(2,3)28-14(25)24-8-6-11(7-9-24)16(4,18)29(26,27)13-10-12(17(19,20)21)22-23(13)5/h10-11H,6-9H2,1-5H3. The smallest absolute Gasteiger partial charge is 0.435 e. The minimum atomic E-state index is -4.85. The molecule has 12 heteroatoms. The first-order valence-electron chi connectivity index (χ1n) is 8.99. The van der Waals surface area contributed by atoms with E-state index in [0.717, 1.165) is 14.0 Å². The summed E-state index contributed by atoms with van der Waals surface area (Å²) in [6.45, 7) is 6.10. The Balaban J connectivity index is 2.19. The number of sulfone groups is 1. The number of hydrogen-bond acceptors (Lipinski definition) is 5. The monoisotopic (exact) mass is 443 g/mol. The summed E-state index contributed by atoms with van der Waals surface area (Å²) in [4.78, 5) is 13.5. The van der Waals surface area contributed by atoms with Gasteiger partial charge in [0.15, 0.2) is 10.7 Å². The molecule has 166 valence electrons. The fraction of sp³-hybridized carbons (Fsp3) is 0.765. The summed E-state index contributed by atoms with van der Waals surface area (Å²) in [5.41, 5.74) is -2.11. The quantitative estimate of drug-likeness (QED) is 0.668. The molecule has 0 aliphatic carbocycles. The molecule has 0 radical (unpaired) electrons. The van der Waals surface area contributed by atoms with Gasteiger partial charge in [0.25, 0.3) is 0 Å². The van der Waals surface area contributed by atoms with Crippen LogP contribution in [0.15, 0.2) is 11.1 Å². The number of likely N-dealkylation sites (tertiary alicyclic amines) is 1. The molecule has 0 spiro atoms. The maximum absolute atomic E-state index is 15.5. The third-order valence-electron chi connectivity index (χ3n) is 4.80. The Labute approximate surface area is 166 Å². The molecule has 0 aromatic carbocycles. The fourth-order valence-corrected chi connectivity index (χ4v) is 4.91. The van der Waals surface area contributed by atoms with Crippen molar-refractivity contribution in [2.75, 3.05) is 13.1 Å². The number of rotatable bonds is 3. The number of carbonyl (C=O) groups is 1. The van der Waals surface area contributed by atoms with Gasteiger partial charge in [-0.2, -0.15) is 18.3 Å². The Morgan fingerprint density at radius 1 is 1.14 bits per heavy atom. The van der Waals surface area contributed by atoms with Crippen molar-refractivity contribution in [2.24, 2.45) is 13.0 Å². The predicted molar refractivity (Wildman–Crippen MR) is 95.4 cm³/mol. The lowest BCUT2D eigenvalue weighted by Gasteiger charge is -2.37. The second-order valence-electron chi connectivity index (χ2n) is 8.22. The van der Waals surface area contributed by atoms with E-state index in [0.29, 0.717) is 10.7 Å². The first-order chi connectivity index (χ1) is 13.0. The molecule has 2 rings (SSSR count). The van der Waals surface area contributed by atoms with E-state index in [1.807, 2.05) is 0 Å². The Bertz CT molecular complexity index is 864. The van der Waals surface area contributed by atoms with E-state index in [-0.39, 0.29) is 25.9 Å². The fourth-order valence-electron chi connectivity index (χ4n) is 3.17. The molecule has 1 aliphatic heterocycles. The molecule has 29 heavy (non-hydrogen) atoms. The van der Waals surface area contributed by atoms with E-state index in [4.69, 9.17) is 4.74 Å². The summed E-state index contributed by atoms with van der Waals surface area (Å²) >= 11 is 0. The zero-order valence-corrected chi connectivity index (χ0v) is 17.7. The highest BCUT2D eigenvalue weighted by molar-refractivity contribution is 7.92. The Morgan fingerprint density at radius 2 is 1.66 bits per heavy atom. The van der Waals surface area contributed by atoms with Crippen molar-refractivity contribution in [3.63, 3.8) is 0 Å². The SMILES string of the molecule is Cn1nc(C(F)(F)F)cc1S(=O)(=O)C(C)(F)C1CCN(C(=O)OC(C)(C)C)CC1. The van der Waals surface area contributed by atoms with Crippen molar-refractivity contribution in [3.8, 4) is 0 Å². The molecule has 2 heterocycles. The van der Waals surface area contributed by atoms with E-state index in [9.17, 15) is 26.4 Å². The lowest BCUT2D eigenvalue weighted by molar-refractivity contribution is -0.141. The van der Waals surface area contributed by atoms with Crippen LogP contribution >= 0.6 is 0 Å². The minimum Gasteiger partial charge on any atom is -0.444 e. The number of piperidine rings is 1. The number of carbonyl (C=O) groups excluding carboxylic acids is 1. The number of nitrogens with zero attached hydrogens (tertiary/aromatic N) is 3. The molecule has 0 saturated carbocycles. The zero-order chi connectivity index (χ0) is 22.4. The molecule has 1 amide bonds. The third kappa shape index (κ3) is 4.84. The summed E-state index contributed by atoms with van der Waals surface area (Å²) in [5, 5.41) is -0.520. The number of halogens is 4. The van der Waals surface area contributed by atoms with E-state index >= 15 is 4.39 Å². The van der Waals surface area contributed by atoms with Crippen molar-refractivity contribution < 1.29 is 35.5 Å². The molecule has 1 saturated heterocycles. The average molecular weight is 443 g/mol. The highest BCUT2D eigenvalue weighted by Gasteiger charge is 2.51. The largest absolute Gasteiger partial charge is 0.444 e. The van der Waals surface area contributed by atoms with Crippen LogP contribution < -0.4 is 0 Å². The van der Waals surface area contributed by atoms with Gasteiger partial charge in [0.05, 0.1) is 0 Å². The number of amides is 1. The van der Waals surface area contributed by atoms with Crippen LogP contribution in [0, 0.1) is 5.92 Å². The molecule has 0 N–H and O–H groups in total. The molecular weight excluding hydrogens is 418 g/mol. The zero-order valence-electron chi connectivity index (χ0n) is 16.9. The van der Waals surface area contributed by atoms with Gasteiger partial charge in [-0.15, -0.1) is 0 Å². The van der Waals surface area contributed by atoms with E-state index in [2.05, 4.69) is 5.10 Å². The van der Waals surface area contributed by atoms with Crippen LogP contribution in [0.1, 0.15) is 46.2 Å². The molecule has 1 aromatic rings. The molecule has 1 aromatic heterocycles. The van der Waals surface area contributed by atoms with Gasteiger partial charge >= 0.3 is 12.3 Å². The lowest BCUT2D eigenvalue weighted by atomic mass is 9.92. The van der Waals surface area contributed by atoms with Gasteiger partial charge in [-0.3, -0.25) is 4.68 Å². The normalized spacial score (nSPS) is 19.1. The van der Waals surface area contributed by atoms with Crippen molar-refractivity contribution >= 4 is 15.9 Å². The van der Waals surface area contributed by atoms with Crippen molar-refractivity contribution in [2.45, 2.75) is 62.3 Å². The summed E-state index contributed by atoms with van der Waals surface area (Å²) in [6, 6.07) is 0.336. The van der Waals surface area contributed by atoms with Gasteiger partial charge in [0.1, 0.15) is 5.60 Å². The lowest BCUT2D eigenvalue weighted by Crippen LogP contribution is -2.48. The summed E-state index contributed by atoms with van der Waals surface area (Å²) in [5.74, 6) is -1.00. The average Bonchev–Trinajstić information content (AvgIpc) is 2.96. The van der Waals surface area contributed by atoms with Gasteiger partial charge in [0.2, 0.25) is 14.8 Å². The molecule has 1 aliphatic rings. The first-order valence-corrected chi connectivity index (χ1v) is 10.5. The van der Waals surface area contributed by atoms with Gasteiger partial charge in [0, 0.05) is 32.1 Å². The number of alkyl halides is 4. The Hall–Kier alpha value is -1.85. The highest BCUT2D eigenvalue weighted by atomic mass is 32.2. The van der Waals surface area contributed by atoms with E-state index < -0.39 is 49.3 Å². The van der Waals surface area contributed by atoms with Crippen LogP contribution in [-0.4, -0.2) is 52.9 Å². The first kappa shape index (κ1) is 23.4.